The molecule has 3 atom stereocenters. The van der Waals surface area contributed by atoms with Gasteiger partial charge in [-0.15, -0.1) is 0 Å². The summed E-state index contributed by atoms with van der Waals surface area (Å²) in [5.74, 6) is 3.76. The van der Waals surface area contributed by atoms with Gasteiger partial charge in [-0.05, 0) is 36.7 Å². The van der Waals surface area contributed by atoms with Gasteiger partial charge in [0.05, 0.1) is 5.39 Å². The lowest BCUT2D eigenvalue weighted by molar-refractivity contribution is 0.111. The average Bonchev–Trinajstić information content (AvgIpc) is 3.02. The molecule has 0 amide bonds. The fourth-order valence-electron chi connectivity index (χ4n) is 4.57. The molecular weight excluding hydrogens is 260 g/mol. The molecule has 4 rings (SSSR count). The van der Waals surface area contributed by atoms with E-state index in [2.05, 4.69) is 26.3 Å². The zero-order valence-electron chi connectivity index (χ0n) is 12.5. The van der Waals surface area contributed by atoms with Gasteiger partial charge in [-0.3, -0.25) is 0 Å². The fraction of sp³-hybridized carbons (Fsp3) is 0.647. The van der Waals surface area contributed by atoms with Crippen LogP contribution in [-0.2, 0) is 0 Å². The molecule has 21 heavy (non-hydrogen) atoms. The van der Waals surface area contributed by atoms with Gasteiger partial charge in [-0.25, -0.2) is 9.97 Å². The molecule has 2 saturated carbocycles. The van der Waals surface area contributed by atoms with Gasteiger partial charge >= 0.3 is 0 Å². The normalized spacial score (nSPS) is 29.2. The van der Waals surface area contributed by atoms with E-state index < -0.39 is 0 Å². The van der Waals surface area contributed by atoms with E-state index in [-0.39, 0.29) is 0 Å². The van der Waals surface area contributed by atoms with Crippen LogP contribution in [0.2, 0.25) is 0 Å². The first-order chi connectivity index (χ1) is 10.4. The van der Waals surface area contributed by atoms with Crippen molar-refractivity contribution < 1.29 is 0 Å². The van der Waals surface area contributed by atoms with Crippen molar-refractivity contribution >= 4 is 16.9 Å². The number of hydrogen-bond donors (Lipinski definition) is 2. The number of anilines is 1. The van der Waals surface area contributed by atoms with Crippen molar-refractivity contribution in [1.82, 2.24) is 15.0 Å². The number of hydrogen-bond acceptors (Lipinski definition) is 3. The molecule has 2 aliphatic carbocycles. The minimum atomic E-state index is 0.827. The molecule has 0 spiro atoms. The first kappa shape index (κ1) is 13.1. The Hall–Kier alpha value is -1.58. The summed E-state index contributed by atoms with van der Waals surface area (Å²) in [5, 5.41) is 4.71. The Kier molecular flexibility index (Phi) is 3.53. The van der Waals surface area contributed by atoms with E-state index >= 15 is 0 Å². The maximum absolute atomic E-state index is 4.43. The summed E-state index contributed by atoms with van der Waals surface area (Å²) < 4.78 is 0. The summed E-state index contributed by atoms with van der Waals surface area (Å²) >= 11 is 0. The van der Waals surface area contributed by atoms with E-state index in [4.69, 9.17) is 0 Å². The third-order valence-corrected chi connectivity index (χ3v) is 5.61. The maximum Gasteiger partial charge on any atom is 0.142 e. The van der Waals surface area contributed by atoms with Gasteiger partial charge in [-0.1, -0.05) is 32.1 Å². The maximum atomic E-state index is 4.43. The molecule has 0 aliphatic heterocycles. The monoisotopic (exact) mass is 284 g/mol. The van der Waals surface area contributed by atoms with Crippen LogP contribution in [0, 0.1) is 17.8 Å². The molecule has 4 nitrogen and oxygen atoms in total. The molecule has 2 aromatic heterocycles. The first-order valence-corrected chi connectivity index (χ1v) is 8.44. The SMILES string of the molecule is c1nc(NCC2CCCC3CCCCC32)c2cc[nH]c2n1. The molecule has 0 saturated heterocycles. The second kappa shape index (κ2) is 5.66. The highest BCUT2D eigenvalue weighted by molar-refractivity contribution is 5.86. The van der Waals surface area contributed by atoms with Crippen LogP contribution in [0.5, 0.6) is 0 Å². The largest absolute Gasteiger partial charge is 0.369 e. The standard InChI is InChI=1S/C17H24N4/c1-2-7-14-12(4-1)5-3-6-13(14)10-19-17-15-8-9-18-16(15)20-11-21-17/h8-9,11-14H,1-7,10H2,(H2,18,19,20,21). The number of H-pyrrole nitrogens is 1. The zero-order valence-corrected chi connectivity index (χ0v) is 12.5. The molecule has 2 fully saturated rings. The Labute approximate surface area is 125 Å². The van der Waals surface area contributed by atoms with Crippen molar-refractivity contribution in [1.29, 1.82) is 0 Å². The Bertz CT molecular complexity index is 604. The molecule has 2 aliphatic rings. The highest BCUT2D eigenvalue weighted by Gasteiger charge is 2.34. The third kappa shape index (κ3) is 2.52. The first-order valence-electron chi connectivity index (χ1n) is 8.44. The number of aromatic nitrogens is 3. The highest BCUT2D eigenvalue weighted by Crippen LogP contribution is 2.43. The van der Waals surface area contributed by atoms with Crippen molar-refractivity contribution in [3.05, 3.63) is 18.6 Å². The second-order valence-corrected chi connectivity index (χ2v) is 6.74. The molecule has 112 valence electrons. The minimum absolute atomic E-state index is 0.827. The van der Waals surface area contributed by atoms with E-state index in [0.29, 0.717) is 0 Å². The van der Waals surface area contributed by atoms with Gasteiger partial charge in [0.25, 0.3) is 0 Å². The molecule has 0 aromatic carbocycles. The van der Waals surface area contributed by atoms with Crippen molar-refractivity contribution in [3.8, 4) is 0 Å². The molecule has 0 bridgehead atoms. The number of nitrogens with one attached hydrogen (secondary N) is 2. The Balaban J connectivity index is 1.47. The van der Waals surface area contributed by atoms with Crippen LogP contribution in [0.1, 0.15) is 44.9 Å². The summed E-state index contributed by atoms with van der Waals surface area (Å²) in [7, 11) is 0. The second-order valence-electron chi connectivity index (χ2n) is 6.74. The minimum Gasteiger partial charge on any atom is -0.369 e. The van der Waals surface area contributed by atoms with E-state index in [1.807, 2.05) is 6.20 Å². The lowest BCUT2D eigenvalue weighted by Crippen LogP contribution is -2.34. The molecule has 3 unspecified atom stereocenters. The predicted molar refractivity (Wildman–Crippen MR) is 85.2 cm³/mol. The van der Waals surface area contributed by atoms with Gasteiger partial charge in [0.2, 0.25) is 0 Å². The van der Waals surface area contributed by atoms with Crippen LogP contribution in [0.4, 0.5) is 5.82 Å². The van der Waals surface area contributed by atoms with E-state index in [1.54, 1.807) is 6.33 Å². The van der Waals surface area contributed by atoms with Crippen LogP contribution >= 0.6 is 0 Å². The van der Waals surface area contributed by atoms with Crippen LogP contribution in [0.15, 0.2) is 18.6 Å². The van der Waals surface area contributed by atoms with Crippen LogP contribution in [0.3, 0.4) is 0 Å². The molecular formula is C17H24N4. The summed E-state index contributed by atoms with van der Waals surface area (Å²) in [5.41, 5.74) is 0.923. The van der Waals surface area contributed by atoms with Gasteiger partial charge in [0.1, 0.15) is 17.8 Å². The zero-order chi connectivity index (χ0) is 14.1. The summed E-state index contributed by atoms with van der Waals surface area (Å²) in [6.07, 6.45) is 13.7. The Morgan fingerprint density at radius 2 is 2.00 bits per heavy atom. The number of nitrogens with zero attached hydrogens (tertiary/aromatic N) is 2. The average molecular weight is 284 g/mol. The quantitative estimate of drug-likeness (QED) is 0.896. The van der Waals surface area contributed by atoms with Crippen molar-refractivity contribution in [2.75, 3.05) is 11.9 Å². The van der Waals surface area contributed by atoms with E-state index in [1.165, 1.54) is 44.9 Å². The smallest absolute Gasteiger partial charge is 0.142 e. The van der Waals surface area contributed by atoms with Crippen LogP contribution in [0.25, 0.3) is 11.0 Å². The molecule has 2 N–H and O–H groups in total. The third-order valence-electron chi connectivity index (χ3n) is 5.61. The molecule has 0 radical (unpaired) electrons. The number of aromatic amines is 1. The summed E-state index contributed by atoms with van der Waals surface area (Å²) in [6, 6.07) is 2.06. The van der Waals surface area contributed by atoms with Gasteiger partial charge in [0, 0.05) is 12.7 Å². The van der Waals surface area contributed by atoms with Crippen molar-refractivity contribution in [2.45, 2.75) is 44.9 Å². The number of rotatable bonds is 3. The predicted octanol–water partition coefficient (Wildman–Crippen LogP) is 3.98. The van der Waals surface area contributed by atoms with Crippen LogP contribution < -0.4 is 5.32 Å². The highest BCUT2D eigenvalue weighted by atomic mass is 15.0. The Morgan fingerprint density at radius 1 is 1.10 bits per heavy atom. The van der Waals surface area contributed by atoms with Gasteiger partial charge < -0.3 is 10.3 Å². The summed E-state index contributed by atoms with van der Waals surface area (Å²) in [6.45, 7) is 1.07. The van der Waals surface area contributed by atoms with Crippen LogP contribution in [-0.4, -0.2) is 21.5 Å². The number of fused-ring (bicyclic) bond motifs is 2. The topological polar surface area (TPSA) is 53.6 Å². The van der Waals surface area contributed by atoms with Crippen molar-refractivity contribution in [2.24, 2.45) is 17.8 Å². The molecule has 4 heteroatoms. The lowest BCUT2D eigenvalue weighted by Gasteiger charge is -2.41. The van der Waals surface area contributed by atoms with E-state index in [9.17, 15) is 0 Å². The lowest BCUT2D eigenvalue weighted by atomic mass is 9.65. The van der Waals surface area contributed by atoms with Gasteiger partial charge in [-0.2, -0.15) is 0 Å². The molecule has 2 heterocycles. The summed E-state index contributed by atoms with van der Waals surface area (Å²) in [4.78, 5) is 11.8. The van der Waals surface area contributed by atoms with E-state index in [0.717, 1.165) is 41.1 Å². The molecule has 2 aromatic rings. The van der Waals surface area contributed by atoms with Crippen molar-refractivity contribution in [3.63, 3.8) is 0 Å². The Morgan fingerprint density at radius 3 is 3.00 bits per heavy atom. The van der Waals surface area contributed by atoms with Gasteiger partial charge in [0.15, 0.2) is 0 Å². The fourth-order valence-corrected chi connectivity index (χ4v) is 4.57.